The van der Waals surface area contributed by atoms with Crippen LogP contribution in [0.5, 0.6) is 0 Å². The lowest BCUT2D eigenvalue weighted by Crippen LogP contribution is -2.33. The molecule has 3 aliphatic rings. The first kappa shape index (κ1) is 40.4. The van der Waals surface area contributed by atoms with E-state index in [1.54, 1.807) is 0 Å². The van der Waals surface area contributed by atoms with Gasteiger partial charge in [0.05, 0.1) is 16.6 Å². The second kappa shape index (κ2) is 15.3. The minimum atomic E-state index is -0.530. The average molecular weight is 900 g/mol. The molecule has 324 valence electrons. The first-order valence-electron chi connectivity index (χ1n) is 23.5. The van der Waals surface area contributed by atoms with Crippen molar-refractivity contribution in [3.05, 3.63) is 250 Å². The Hall–Kier alpha value is -6.92. The fraction of sp³-hybridized carbons (Fsp3) is 0.145. The predicted molar refractivity (Wildman–Crippen MR) is 284 cm³/mol. The summed E-state index contributed by atoms with van der Waals surface area (Å²) in [5, 5.41) is 4.09. The summed E-state index contributed by atoms with van der Waals surface area (Å²) < 4.78 is 5.12. The van der Waals surface area contributed by atoms with Crippen molar-refractivity contribution in [1.82, 2.24) is 4.57 Å². The second-order valence-corrected chi connectivity index (χ2v) is 21.2. The molecule has 2 aromatic heterocycles. The fourth-order valence-electron chi connectivity index (χ4n) is 12.5. The number of thioether (sulfide) groups is 1. The molecule has 0 amide bonds. The minimum Gasteiger partial charge on any atom is -0.398 e. The van der Waals surface area contributed by atoms with E-state index in [0.717, 1.165) is 23.3 Å². The lowest BCUT2D eigenvalue weighted by molar-refractivity contribution is 0.355. The number of nitrogens with zero attached hydrogens (tertiary/aromatic N) is 2. The van der Waals surface area contributed by atoms with Crippen molar-refractivity contribution in [3.8, 4) is 11.1 Å². The zero-order valence-electron chi connectivity index (χ0n) is 37.8. The summed E-state index contributed by atoms with van der Waals surface area (Å²) in [7, 11) is 0. The molecule has 3 nitrogen and oxygen atoms in total. The van der Waals surface area contributed by atoms with Gasteiger partial charge in [0, 0.05) is 58.1 Å². The molecular formula is C62H49N3S2. The van der Waals surface area contributed by atoms with Crippen LogP contribution in [0.2, 0.25) is 0 Å². The topological polar surface area (TPSA) is 43.3 Å². The molecule has 2 N–H and O–H groups in total. The van der Waals surface area contributed by atoms with Crippen LogP contribution in [0.3, 0.4) is 0 Å². The van der Waals surface area contributed by atoms with Gasteiger partial charge in [-0.25, -0.2) is 0 Å². The predicted octanol–water partition coefficient (Wildman–Crippen LogP) is 16.0. The van der Waals surface area contributed by atoms with Crippen molar-refractivity contribution in [2.75, 3.05) is 0 Å². The third-order valence-corrected chi connectivity index (χ3v) is 18.1. The molecule has 4 unspecified atom stereocenters. The molecule has 4 atom stereocenters. The van der Waals surface area contributed by atoms with Crippen LogP contribution in [0, 0.1) is 0 Å². The number of hydrogen-bond acceptors (Lipinski definition) is 4. The normalized spacial score (nSPS) is 19.8. The summed E-state index contributed by atoms with van der Waals surface area (Å²) in [5.41, 5.74) is 23.5. The molecule has 0 radical (unpaired) electrons. The number of thiophene rings is 1. The lowest BCUT2D eigenvalue weighted by atomic mass is 9.66. The van der Waals surface area contributed by atoms with Crippen molar-refractivity contribution in [2.45, 2.75) is 60.3 Å². The van der Waals surface area contributed by atoms with E-state index in [4.69, 9.17) is 10.7 Å². The summed E-state index contributed by atoms with van der Waals surface area (Å²) in [6.45, 7) is 7.28. The Labute approximate surface area is 400 Å². The van der Waals surface area contributed by atoms with Gasteiger partial charge in [-0.2, -0.15) is 0 Å². The fourth-order valence-corrected chi connectivity index (χ4v) is 15.4. The summed E-state index contributed by atoms with van der Waals surface area (Å²) in [5.74, 6) is 0.270. The van der Waals surface area contributed by atoms with Gasteiger partial charge in [-0.3, -0.25) is 4.99 Å². The number of benzene rings is 8. The Balaban J connectivity index is 1.10. The molecule has 10 aromatic rings. The number of rotatable bonds is 7. The summed E-state index contributed by atoms with van der Waals surface area (Å²) in [6.07, 6.45) is 2.89. The second-order valence-electron chi connectivity index (χ2n) is 19.0. The van der Waals surface area contributed by atoms with Crippen LogP contribution in [0.1, 0.15) is 94.7 Å². The van der Waals surface area contributed by atoms with E-state index in [-0.39, 0.29) is 22.7 Å². The highest BCUT2D eigenvalue weighted by molar-refractivity contribution is 8.00. The molecule has 13 rings (SSSR count). The Morgan fingerprint density at radius 1 is 0.672 bits per heavy atom. The van der Waals surface area contributed by atoms with Gasteiger partial charge in [0.2, 0.25) is 0 Å². The molecule has 5 heteroatoms. The quantitative estimate of drug-likeness (QED) is 0.162. The molecule has 0 fully saturated rings. The zero-order valence-corrected chi connectivity index (χ0v) is 39.4. The Bertz CT molecular complexity index is 3620. The summed E-state index contributed by atoms with van der Waals surface area (Å²) in [6, 6.07) is 71.6. The maximum atomic E-state index is 7.10. The molecule has 2 aliphatic carbocycles. The first-order chi connectivity index (χ1) is 32.8. The monoisotopic (exact) mass is 899 g/mol. The van der Waals surface area contributed by atoms with Crippen molar-refractivity contribution in [3.63, 3.8) is 0 Å². The van der Waals surface area contributed by atoms with Crippen LogP contribution in [-0.4, -0.2) is 10.3 Å². The van der Waals surface area contributed by atoms with Crippen LogP contribution in [0.25, 0.3) is 47.9 Å². The van der Waals surface area contributed by atoms with E-state index < -0.39 is 5.41 Å². The maximum Gasteiger partial charge on any atom is 0.123 e. The van der Waals surface area contributed by atoms with E-state index in [1.165, 1.54) is 86.2 Å². The van der Waals surface area contributed by atoms with Crippen LogP contribution in [-0.2, 0) is 10.8 Å². The third kappa shape index (κ3) is 5.87. The Kier molecular flexibility index (Phi) is 9.23. The molecule has 0 bridgehead atoms. The van der Waals surface area contributed by atoms with Crippen LogP contribution in [0.4, 0.5) is 0 Å². The van der Waals surface area contributed by atoms with Crippen LogP contribution >= 0.6 is 23.1 Å². The molecule has 0 spiro atoms. The van der Waals surface area contributed by atoms with Crippen molar-refractivity contribution in [2.24, 2.45) is 10.7 Å². The van der Waals surface area contributed by atoms with Gasteiger partial charge in [-0.15, -0.1) is 23.1 Å². The SMILES string of the molecule is CC1CC2(C)c3ccccc3SC2c2c1n(C(C)/N=C(\C=C(/N)c1ccccc1)c1cccc3c1sc1ccccc13)c1cc(C3(c4ccccc4)c4ccccc4-c4ccccc43)ccc21. The summed E-state index contributed by atoms with van der Waals surface area (Å²) >= 11 is 3.89. The molecule has 1 aliphatic heterocycles. The van der Waals surface area contributed by atoms with Gasteiger partial charge in [0.15, 0.2) is 0 Å². The van der Waals surface area contributed by atoms with E-state index >= 15 is 0 Å². The van der Waals surface area contributed by atoms with Gasteiger partial charge in [0.1, 0.15) is 6.17 Å². The molecule has 0 saturated carbocycles. The average Bonchev–Trinajstić information content (AvgIpc) is 4.10. The minimum absolute atomic E-state index is 0.0125. The van der Waals surface area contributed by atoms with Crippen molar-refractivity contribution < 1.29 is 0 Å². The van der Waals surface area contributed by atoms with Crippen LogP contribution in [0.15, 0.2) is 210 Å². The lowest BCUT2D eigenvalue weighted by Gasteiger charge is -2.40. The van der Waals surface area contributed by atoms with Gasteiger partial charge in [-0.1, -0.05) is 190 Å². The van der Waals surface area contributed by atoms with E-state index in [1.807, 2.05) is 17.4 Å². The number of aliphatic imine (C=N–C) groups is 1. The first-order valence-corrected chi connectivity index (χ1v) is 25.2. The van der Waals surface area contributed by atoms with Gasteiger partial charge < -0.3 is 10.3 Å². The summed E-state index contributed by atoms with van der Waals surface area (Å²) in [4.78, 5) is 7.31. The maximum absolute atomic E-state index is 7.10. The largest absolute Gasteiger partial charge is 0.398 e. The highest BCUT2D eigenvalue weighted by Gasteiger charge is 2.52. The van der Waals surface area contributed by atoms with Crippen LogP contribution < -0.4 is 5.73 Å². The highest BCUT2D eigenvalue weighted by atomic mass is 32.2. The third-order valence-electron chi connectivity index (χ3n) is 15.2. The molecule has 8 aromatic carbocycles. The van der Waals surface area contributed by atoms with Gasteiger partial charge in [0.25, 0.3) is 0 Å². The number of fused-ring (bicyclic) bond motifs is 13. The van der Waals surface area contributed by atoms with Gasteiger partial charge in [-0.05, 0) is 93.6 Å². The van der Waals surface area contributed by atoms with E-state index in [2.05, 4.69) is 231 Å². The molecular weight excluding hydrogens is 851 g/mol. The molecule has 0 saturated heterocycles. The van der Waals surface area contributed by atoms with Crippen molar-refractivity contribution in [1.29, 1.82) is 0 Å². The number of nitrogens with two attached hydrogens (primary N) is 1. The Morgan fingerprint density at radius 2 is 1.31 bits per heavy atom. The zero-order chi connectivity index (χ0) is 45.0. The van der Waals surface area contributed by atoms with E-state index in [0.29, 0.717) is 5.70 Å². The van der Waals surface area contributed by atoms with Crippen molar-refractivity contribution >= 4 is 65.6 Å². The number of hydrogen-bond donors (Lipinski definition) is 1. The number of allylic oxidation sites excluding steroid dienone is 1. The van der Waals surface area contributed by atoms with E-state index in [9.17, 15) is 0 Å². The molecule has 67 heavy (non-hydrogen) atoms. The standard InChI is InChI=1S/C62H49N3S2/c1-38-37-61(3)51-30-15-17-32-56(51)67-60(61)57-48-34-33-42(62(41-21-8-5-9-22-41)49-28-13-10-23-43(49)44-24-11-14-29-50(44)62)35-54(48)65(58(38)57)39(2)64-53(36-52(63)40-19-6-4-7-20-40)47-27-18-26-46-45-25-12-16-31-55(45)66-59(46)47/h4-36,38-39,60H,37,63H2,1-3H3/b52-36-,64-53+. The Morgan fingerprint density at radius 3 is 2.07 bits per heavy atom. The van der Waals surface area contributed by atoms with Gasteiger partial charge >= 0.3 is 0 Å². The highest BCUT2D eigenvalue weighted by Crippen LogP contribution is 2.66. The smallest absolute Gasteiger partial charge is 0.123 e. The number of aromatic nitrogens is 1. The molecule has 3 heterocycles.